The zero-order valence-corrected chi connectivity index (χ0v) is 28.9. The number of ketones is 3. The molecular weight excluding hydrogens is 690 g/mol. The molecular formula is C35H41NO16. The number of Topliss-reactive ketones (excluding diaryl/α,β-unsaturated/α-hetero) is 1. The number of aliphatic hydroxyl groups excluding tert-OH is 2. The van der Waals surface area contributed by atoms with Crippen molar-refractivity contribution in [3.8, 4) is 17.2 Å². The fraction of sp³-hybridized carbons (Fsp3) is 0.514. The van der Waals surface area contributed by atoms with E-state index in [1.807, 2.05) is 0 Å². The largest absolute Gasteiger partial charge is 0.507 e. The Kier molecular flexibility index (Phi) is 11.6. The van der Waals surface area contributed by atoms with Crippen molar-refractivity contribution >= 4 is 29.3 Å². The van der Waals surface area contributed by atoms with Crippen LogP contribution in [0.25, 0.3) is 0 Å². The Morgan fingerprint density at radius 3 is 2.35 bits per heavy atom. The quantitative estimate of drug-likeness (QED) is 0.0590. The Bertz CT molecular complexity index is 1740. The number of methoxy groups -OCH3 is 1. The van der Waals surface area contributed by atoms with Crippen LogP contribution in [0.5, 0.6) is 17.2 Å². The summed E-state index contributed by atoms with van der Waals surface area (Å²) in [5.74, 6) is -5.37. The summed E-state index contributed by atoms with van der Waals surface area (Å²) in [5.41, 5.74) is -3.96. The molecule has 2 aromatic carbocycles. The third kappa shape index (κ3) is 7.52. The summed E-state index contributed by atoms with van der Waals surface area (Å²) in [5, 5.41) is 58.4. The van der Waals surface area contributed by atoms with Gasteiger partial charge >= 0.3 is 11.9 Å². The minimum atomic E-state index is -2.32. The zero-order chi connectivity index (χ0) is 38.1. The lowest BCUT2D eigenvalue weighted by molar-refractivity contribution is -0.250. The maximum atomic E-state index is 13.9. The molecule has 5 unspecified atom stereocenters. The molecule has 17 nitrogen and oxygen atoms in total. The zero-order valence-electron chi connectivity index (χ0n) is 28.9. The molecule has 2 aliphatic carbocycles. The number of ether oxygens (including phenoxy) is 6. The number of carbonyl (C=O) groups is 5. The van der Waals surface area contributed by atoms with Crippen molar-refractivity contribution in [1.29, 1.82) is 0 Å². The van der Waals surface area contributed by atoms with Crippen LogP contribution in [-0.2, 0) is 44.5 Å². The van der Waals surface area contributed by atoms with E-state index in [1.165, 1.54) is 25.3 Å². The smallest absolute Gasteiger partial charge is 0.305 e. The van der Waals surface area contributed by atoms with E-state index < -0.39 is 114 Å². The molecule has 1 heterocycles. The molecule has 0 spiro atoms. The Balaban J connectivity index is 1.41. The van der Waals surface area contributed by atoms with Crippen molar-refractivity contribution in [3.05, 3.63) is 51.6 Å². The fourth-order valence-corrected chi connectivity index (χ4v) is 6.88. The van der Waals surface area contributed by atoms with E-state index in [4.69, 9.17) is 28.4 Å². The summed E-state index contributed by atoms with van der Waals surface area (Å²) >= 11 is 0. The van der Waals surface area contributed by atoms with Gasteiger partial charge in [0, 0.05) is 62.4 Å². The van der Waals surface area contributed by atoms with Crippen LogP contribution in [0, 0.1) is 0 Å². The Morgan fingerprint density at radius 2 is 1.71 bits per heavy atom. The average Bonchev–Trinajstić information content (AvgIpc) is 3.08. The van der Waals surface area contributed by atoms with Crippen LogP contribution < -0.4 is 10.1 Å². The van der Waals surface area contributed by atoms with Gasteiger partial charge in [0.15, 0.2) is 17.9 Å². The number of esters is 2. The third-order valence-electron chi connectivity index (χ3n) is 9.26. The molecule has 5 rings (SSSR count). The topological polar surface area (TPSA) is 254 Å². The van der Waals surface area contributed by atoms with Gasteiger partial charge in [0.1, 0.15) is 36.1 Å². The second-order valence-electron chi connectivity index (χ2n) is 12.8. The van der Waals surface area contributed by atoms with Gasteiger partial charge in [-0.2, -0.15) is 0 Å². The molecule has 1 aliphatic heterocycles. The number of aromatic hydroxyl groups is 2. The summed E-state index contributed by atoms with van der Waals surface area (Å²) in [4.78, 5) is 63.0. The first-order valence-corrected chi connectivity index (χ1v) is 16.5. The van der Waals surface area contributed by atoms with Gasteiger partial charge in [0.05, 0.1) is 48.7 Å². The lowest BCUT2D eigenvalue weighted by atomic mass is 9.72. The molecule has 6 atom stereocenters. The van der Waals surface area contributed by atoms with E-state index in [9.17, 15) is 49.5 Å². The molecule has 3 aliphatic rings. The average molecular weight is 732 g/mol. The standard InChI is InChI=1S/C35H41NO16/c1-15-30(41)20(36-8-9-48-14-25(50-16(2)38)51-17(3)39)10-24(49-15)52-22-12-35(46,23(40)13-37)11-19-27(22)34(45)29-28(32(19)43)31(42)18-6-5-7-21(47-4)26(18)33(29)44/h5-7,15,20,22,24-25,30,36-37,41,43,45-46H,8-14H2,1-4H3/t15?,20?,22?,24?,30?,35-/m0/s1. The molecule has 0 aromatic heterocycles. The summed E-state index contributed by atoms with van der Waals surface area (Å²) in [6.45, 7) is 2.75. The highest BCUT2D eigenvalue weighted by molar-refractivity contribution is 6.31. The first-order chi connectivity index (χ1) is 24.6. The predicted octanol–water partition coefficient (Wildman–Crippen LogP) is 0.101. The number of nitrogens with one attached hydrogen (secondary N) is 1. The molecule has 6 N–H and O–H groups in total. The van der Waals surface area contributed by atoms with Crippen molar-refractivity contribution in [2.75, 3.05) is 33.5 Å². The van der Waals surface area contributed by atoms with Crippen molar-refractivity contribution < 1.29 is 77.9 Å². The maximum Gasteiger partial charge on any atom is 0.305 e. The monoisotopic (exact) mass is 731 g/mol. The van der Waals surface area contributed by atoms with Gasteiger partial charge in [-0.1, -0.05) is 12.1 Å². The van der Waals surface area contributed by atoms with Crippen LogP contribution in [0.15, 0.2) is 18.2 Å². The number of hydrogen-bond donors (Lipinski definition) is 6. The Hall–Kier alpha value is -4.49. The number of rotatable bonds is 13. The van der Waals surface area contributed by atoms with E-state index in [1.54, 1.807) is 6.92 Å². The fourth-order valence-electron chi connectivity index (χ4n) is 6.88. The molecule has 0 saturated carbocycles. The summed E-state index contributed by atoms with van der Waals surface area (Å²) in [7, 11) is 1.31. The first kappa shape index (κ1) is 38.7. The third-order valence-corrected chi connectivity index (χ3v) is 9.26. The number of aliphatic hydroxyl groups is 3. The SMILES string of the molecule is COc1cccc2c1C(=O)c1c(O)c3c(c(O)c1C2=O)C[C@@](O)(C(=O)CO)CC3OC1CC(NCCOCC(OC(C)=O)OC(C)=O)C(O)C(C)O1. The van der Waals surface area contributed by atoms with Crippen LogP contribution in [0.4, 0.5) is 0 Å². The molecule has 0 radical (unpaired) electrons. The number of carbonyl (C=O) groups excluding carboxylic acids is 5. The number of fused-ring (bicyclic) bond motifs is 3. The summed E-state index contributed by atoms with van der Waals surface area (Å²) in [6.07, 6.45) is -6.90. The Labute approximate surface area is 297 Å². The van der Waals surface area contributed by atoms with Gasteiger partial charge in [0.2, 0.25) is 5.78 Å². The van der Waals surface area contributed by atoms with Gasteiger partial charge in [-0.3, -0.25) is 24.0 Å². The number of phenols is 2. The molecule has 1 saturated heterocycles. The highest BCUT2D eigenvalue weighted by Crippen LogP contribution is 2.52. The van der Waals surface area contributed by atoms with Crippen LogP contribution >= 0.6 is 0 Å². The van der Waals surface area contributed by atoms with E-state index in [0.717, 1.165) is 13.8 Å². The lowest BCUT2D eigenvalue weighted by Gasteiger charge is -2.43. The number of benzene rings is 2. The molecule has 1 fully saturated rings. The minimum absolute atomic E-state index is 0.0209. The number of hydrogen-bond acceptors (Lipinski definition) is 17. The second kappa shape index (κ2) is 15.6. The van der Waals surface area contributed by atoms with E-state index >= 15 is 0 Å². The van der Waals surface area contributed by atoms with Crippen LogP contribution in [0.1, 0.15) is 82.7 Å². The van der Waals surface area contributed by atoms with Crippen molar-refractivity contribution in [3.63, 3.8) is 0 Å². The summed E-state index contributed by atoms with van der Waals surface area (Å²) < 4.78 is 32.7. The van der Waals surface area contributed by atoms with Crippen LogP contribution in [0.3, 0.4) is 0 Å². The highest BCUT2D eigenvalue weighted by Gasteiger charge is 2.50. The lowest BCUT2D eigenvalue weighted by Crippen LogP contribution is -2.55. The van der Waals surface area contributed by atoms with E-state index in [-0.39, 0.29) is 54.2 Å². The highest BCUT2D eigenvalue weighted by atomic mass is 16.7. The molecule has 2 aromatic rings. The number of phenolic OH excluding ortho intramolecular Hbond substituents is 2. The van der Waals surface area contributed by atoms with E-state index in [2.05, 4.69) is 5.32 Å². The molecule has 52 heavy (non-hydrogen) atoms. The van der Waals surface area contributed by atoms with Gasteiger partial charge in [-0.25, -0.2) is 0 Å². The van der Waals surface area contributed by atoms with Gasteiger partial charge in [-0.15, -0.1) is 0 Å². The summed E-state index contributed by atoms with van der Waals surface area (Å²) in [6, 6.07) is 3.64. The Morgan fingerprint density at radius 1 is 1.04 bits per heavy atom. The molecule has 17 heteroatoms. The normalized spacial score (nSPS) is 25.2. The van der Waals surface area contributed by atoms with Gasteiger partial charge in [0.25, 0.3) is 6.29 Å². The van der Waals surface area contributed by atoms with Crippen LogP contribution in [-0.4, -0.2) is 125 Å². The van der Waals surface area contributed by atoms with Gasteiger partial charge < -0.3 is 59.3 Å². The van der Waals surface area contributed by atoms with Crippen molar-refractivity contribution in [2.45, 2.75) is 82.6 Å². The second-order valence-corrected chi connectivity index (χ2v) is 12.8. The molecule has 0 amide bonds. The maximum absolute atomic E-state index is 13.9. The van der Waals surface area contributed by atoms with Crippen molar-refractivity contribution in [1.82, 2.24) is 5.32 Å². The minimum Gasteiger partial charge on any atom is -0.507 e. The predicted molar refractivity (Wildman–Crippen MR) is 174 cm³/mol. The first-order valence-electron chi connectivity index (χ1n) is 16.5. The van der Waals surface area contributed by atoms with E-state index in [0.29, 0.717) is 0 Å². The van der Waals surface area contributed by atoms with Crippen LogP contribution in [0.2, 0.25) is 0 Å². The molecule has 282 valence electrons. The van der Waals surface area contributed by atoms with Crippen molar-refractivity contribution in [2.24, 2.45) is 0 Å². The van der Waals surface area contributed by atoms with Gasteiger partial charge in [-0.05, 0) is 13.0 Å². The molecule has 0 bridgehead atoms.